The highest BCUT2D eigenvalue weighted by Gasteiger charge is 2.08. The lowest BCUT2D eigenvalue weighted by molar-refractivity contribution is 1.18. The van der Waals surface area contributed by atoms with Crippen LogP contribution in [0.1, 0.15) is 0 Å². The Labute approximate surface area is 151 Å². The zero-order chi connectivity index (χ0) is 17.1. The Balaban J connectivity index is 1.79. The monoisotopic (exact) mass is 343 g/mol. The van der Waals surface area contributed by atoms with Crippen molar-refractivity contribution in [3.8, 4) is 33.6 Å². The van der Waals surface area contributed by atoms with Crippen molar-refractivity contribution in [1.29, 1.82) is 0 Å². The molecule has 0 aliphatic heterocycles. The minimum absolute atomic E-state index is 0.239. The summed E-state index contributed by atoms with van der Waals surface area (Å²) < 4.78 is 0. The summed E-state index contributed by atoms with van der Waals surface area (Å²) in [6, 6.07) is 24.1. The summed E-state index contributed by atoms with van der Waals surface area (Å²) in [6.45, 7) is 0. The molecule has 0 radical (unpaired) electrons. The molecule has 0 saturated carbocycles. The van der Waals surface area contributed by atoms with Crippen LogP contribution in [0.3, 0.4) is 0 Å². The topological polar surface area (TPSA) is 38.7 Å². The van der Waals surface area contributed by atoms with Gasteiger partial charge in [-0.3, -0.25) is 4.98 Å². The van der Waals surface area contributed by atoms with Gasteiger partial charge in [-0.25, -0.2) is 9.97 Å². The van der Waals surface area contributed by atoms with E-state index in [4.69, 9.17) is 11.6 Å². The molecule has 3 nitrogen and oxygen atoms in total. The van der Waals surface area contributed by atoms with Crippen LogP contribution in [0.4, 0.5) is 0 Å². The smallest absolute Gasteiger partial charge is 0.223 e. The van der Waals surface area contributed by atoms with Crippen LogP contribution < -0.4 is 0 Å². The lowest BCUT2D eigenvalue weighted by Crippen LogP contribution is -1.92. The molecule has 0 atom stereocenters. The lowest BCUT2D eigenvalue weighted by Gasteiger charge is -2.08. The number of benzene rings is 2. The summed E-state index contributed by atoms with van der Waals surface area (Å²) in [7, 11) is 0. The number of hydrogen-bond donors (Lipinski definition) is 0. The quantitative estimate of drug-likeness (QED) is 0.459. The highest BCUT2D eigenvalue weighted by Crippen LogP contribution is 2.28. The van der Waals surface area contributed by atoms with Gasteiger partial charge in [0.2, 0.25) is 5.28 Å². The third kappa shape index (κ3) is 3.42. The van der Waals surface area contributed by atoms with Crippen molar-refractivity contribution in [3.63, 3.8) is 0 Å². The van der Waals surface area contributed by atoms with E-state index in [1.165, 1.54) is 0 Å². The molecule has 4 rings (SSSR count). The van der Waals surface area contributed by atoms with Crippen LogP contribution in [0.5, 0.6) is 0 Å². The van der Waals surface area contributed by atoms with Crippen molar-refractivity contribution in [3.05, 3.63) is 90.5 Å². The molecule has 0 amide bonds. The van der Waals surface area contributed by atoms with Gasteiger partial charge in [0, 0.05) is 29.1 Å². The van der Waals surface area contributed by atoms with Gasteiger partial charge in [-0.05, 0) is 35.4 Å². The number of halogens is 1. The molecule has 0 aliphatic carbocycles. The molecule has 25 heavy (non-hydrogen) atoms. The highest BCUT2D eigenvalue weighted by molar-refractivity contribution is 6.28. The van der Waals surface area contributed by atoms with E-state index in [-0.39, 0.29) is 5.28 Å². The van der Waals surface area contributed by atoms with Crippen LogP contribution in [0, 0.1) is 0 Å². The molecule has 0 saturated heterocycles. The summed E-state index contributed by atoms with van der Waals surface area (Å²) in [4.78, 5) is 12.9. The van der Waals surface area contributed by atoms with E-state index >= 15 is 0 Å². The molecule has 0 bridgehead atoms. The van der Waals surface area contributed by atoms with Crippen LogP contribution >= 0.6 is 11.6 Å². The standard InChI is InChI=1S/C21H14ClN3/c22-21-24-19(15-6-2-1-3-7-15)13-20(25-21)17-9-4-8-16(12-17)18-10-5-11-23-14-18/h1-14H. The van der Waals surface area contributed by atoms with Gasteiger partial charge >= 0.3 is 0 Å². The Hall–Kier alpha value is -3.04. The second-order valence-corrected chi connectivity index (χ2v) is 5.93. The minimum atomic E-state index is 0.239. The predicted molar refractivity (Wildman–Crippen MR) is 101 cm³/mol. The summed E-state index contributed by atoms with van der Waals surface area (Å²) in [5.41, 5.74) is 5.75. The molecule has 0 N–H and O–H groups in total. The largest absolute Gasteiger partial charge is 0.264 e. The second-order valence-electron chi connectivity index (χ2n) is 5.60. The molecule has 4 aromatic rings. The van der Waals surface area contributed by atoms with E-state index in [0.717, 1.165) is 33.6 Å². The number of pyridine rings is 1. The first kappa shape index (κ1) is 15.5. The zero-order valence-corrected chi connectivity index (χ0v) is 14.1. The van der Waals surface area contributed by atoms with Crippen molar-refractivity contribution in [2.24, 2.45) is 0 Å². The maximum absolute atomic E-state index is 6.17. The molecule has 0 fully saturated rings. The van der Waals surface area contributed by atoms with Crippen molar-refractivity contribution in [2.45, 2.75) is 0 Å². The Kier molecular flexibility index (Phi) is 4.23. The van der Waals surface area contributed by atoms with Gasteiger partial charge in [0.05, 0.1) is 11.4 Å². The fourth-order valence-corrected chi connectivity index (χ4v) is 2.90. The van der Waals surface area contributed by atoms with Crippen molar-refractivity contribution in [1.82, 2.24) is 15.0 Å². The Bertz CT molecular complexity index is 1000. The first-order chi connectivity index (χ1) is 12.3. The highest BCUT2D eigenvalue weighted by atomic mass is 35.5. The third-order valence-electron chi connectivity index (χ3n) is 3.92. The van der Waals surface area contributed by atoms with E-state index in [0.29, 0.717) is 0 Å². The van der Waals surface area contributed by atoms with Crippen LogP contribution in [-0.2, 0) is 0 Å². The molecule has 4 heteroatoms. The SMILES string of the molecule is Clc1nc(-c2ccccc2)cc(-c2cccc(-c3cccnc3)c2)n1. The number of rotatable bonds is 3. The van der Waals surface area contributed by atoms with Gasteiger partial charge in [0.1, 0.15) is 0 Å². The minimum Gasteiger partial charge on any atom is -0.264 e. The maximum Gasteiger partial charge on any atom is 0.223 e. The van der Waals surface area contributed by atoms with E-state index in [1.807, 2.05) is 66.9 Å². The van der Waals surface area contributed by atoms with Gasteiger partial charge < -0.3 is 0 Å². The van der Waals surface area contributed by atoms with Gasteiger partial charge in [-0.2, -0.15) is 0 Å². The van der Waals surface area contributed by atoms with Gasteiger partial charge in [0.25, 0.3) is 0 Å². The molecule has 2 aromatic carbocycles. The fraction of sp³-hybridized carbons (Fsp3) is 0. The molecule has 120 valence electrons. The Morgan fingerprint density at radius 1 is 0.600 bits per heavy atom. The Morgan fingerprint density at radius 2 is 1.28 bits per heavy atom. The van der Waals surface area contributed by atoms with E-state index in [2.05, 4.69) is 27.1 Å². The van der Waals surface area contributed by atoms with Crippen molar-refractivity contribution >= 4 is 11.6 Å². The third-order valence-corrected chi connectivity index (χ3v) is 4.09. The maximum atomic E-state index is 6.17. The molecule has 2 heterocycles. The van der Waals surface area contributed by atoms with Gasteiger partial charge in [-0.15, -0.1) is 0 Å². The number of aromatic nitrogens is 3. The summed E-state index contributed by atoms with van der Waals surface area (Å²) in [5, 5.41) is 0.239. The van der Waals surface area contributed by atoms with Gasteiger partial charge in [0.15, 0.2) is 0 Å². The fourth-order valence-electron chi connectivity index (χ4n) is 2.71. The van der Waals surface area contributed by atoms with E-state index < -0.39 is 0 Å². The van der Waals surface area contributed by atoms with Crippen LogP contribution in [0.25, 0.3) is 33.6 Å². The zero-order valence-electron chi connectivity index (χ0n) is 13.3. The molecule has 2 aromatic heterocycles. The molecule has 0 aliphatic rings. The van der Waals surface area contributed by atoms with Gasteiger partial charge in [-0.1, -0.05) is 54.6 Å². The first-order valence-corrected chi connectivity index (χ1v) is 8.28. The average molecular weight is 344 g/mol. The van der Waals surface area contributed by atoms with Crippen molar-refractivity contribution in [2.75, 3.05) is 0 Å². The normalized spacial score (nSPS) is 10.6. The summed E-state index contributed by atoms with van der Waals surface area (Å²) in [5.74, 6) is 0. The summed E-state index contributed by atoms with van der Waals surface area (Å²) >= 11 is 6.17. The van der Waals surface area contributed by atoms with E-state index in [1.54, 1.807) is 6.20 Å². The van der Waals surface area contributed by atoms with E-state index in [9.17, 15) is 0 Å². The molecular weight excluding hydrogens is 330 g/mol. The van der Waals surface area contributed by atoms with Crippen LogP contribution in [0.15, 0.2) is 85.2 Å². The lowest BCUT2D eigenvalue weighted by atomic mass is 10.0. The Morgan fingerprint density at radius 3 is 2.04 bits per heavy atom. The van der Waals surface area contributed by atoms with Crippen molar-refractivity contribution < 1.29 is 0 Å². The summed E-state index contributed by atoms with van der Waals surface area (Å²) in [6.07, 6.45) is 3.62. The number of nitrogens with zero attached hydrogens (tertiary/aromatic N) is 3. The molecule has 0 spiro atoms. The van der Waals surface area contributed by atoms with Crippen LogP contribution in [-0.4, -0.2) is 15.0 Å². The predicted octanol–water partition coefficient (Wildman–Crippen LogP) is 5.53. The molecule has 0 unspecified atom stereocenters. The average Bonchev–Trinajstić information content (AvgIpc) is 2.69. The molecular formula is C21H14ClN3. The number of hydrogen-bond acceptors (Lipinski definition) is 3. The second kappa shape index (κ2) is 6.83. The first-order valence-electron chi connectivity index (χ1n) is 7.90. The van der Waals surface area contributed by atoms with Crippen LogP contribution in [0.2, 0.25) is 5.28 Å².